The van der Waals surface area contributed by atoms with E-state index in [0.29, 0.717) is 5.39 Å². The molecule has 130 valence electrons. The molecule has 24 heavy (non-hydrogen) atoms. The molecule has 0 aliphatic carbocycles. The summed E-state index contributed by atoms with van der Waals surface area (Å²) in [4.78, 5) is 11.2. The minimum absolute atomic E-state index is 0.0966. The summed E-state index contributed by atoms with van der Waals surface area (Å²) >= 11 is 0. The molecular weight excluding hydrogens is 324 g/mol. The predicted molar refractivity (Wildman–Crippen MR) is 78.5 cm³/mol. The van der Waals surface area contributed by atoms with Crippen molar-refractivity contribution in [3.63, 3.8) is 0 Å². The van der Waals surface area contributed by atoms with Gasteiger partial charge in [0, 0.05) is 17.5 Å². The van der Waals surface area contributed by atoms with E-state index in [1.165, 1.54) is 18.2 Å². The molecule has 9 nitrogen and oxygen atoms in total. The fourth-order valence-corrected chi connectivity index (χ4v) is 2.47. The Kier molecular flexibility index (Phi) is 4.43. The average molecular weight is 340 g/mol. The van der Waals surface area contributed by atoms with Crippen LogP contribution in [0.4, 0.5) is 0 Å². The van der Waals surface area contributed by atoms with Crippen LogP contribution in [0.1, 0.15) is 0 Å². The SMILES string of the molecule is O=c1ccc2cc(O[C@@H]3O[C@H](CO)C(O)[C@H](O)C3O)c(O)cc2o1. The first-order chi connectivity index (χ1) is 11.4. The van der Waals surface area contributed by atoms with Crippen molar-refractivity contribution >= 4 is 11.0 Å². The summed E-state index contributed by atoms with van der Waals surface area (Å²) in [5, 5.41) is 49.0. The number of fused-ring (bicyclic) bond motifs is 1. The highest BCUT2D eigenvalue weighted by atomic mass is 16.7. The van der Waals surface area contributed by atoms with Crippen LogP contribution in [0.5, 0.6) is 11.5 Å². The van der Waals surface area contributed by atoms with Gasteiger partial charge >= 0.3 is 5.63 Å². The van der Waals surface area contributed by atoms with E-state index in [1.807, 2.05) is 0 Å². The van der Waals surface area contributed by atoms with Crippen molar-refractivity contribution in [3.05, 3.63) is 34.7 Å². The van der Waals surface area contributed by atoms with Crippen molar-refractivity contribution < 1.29 is 39.4 Å². The Morgan fingerprint density at radius 1 is 1.08 bits per heavy atom. The maximum atomic E-state index is 11.2. The summed E-state index contributed by atoms with van der Waals surface area (Å²) in [6.45, 7) is -0.598. The Labute approximate surface area is 134 Å². The van der Waals surface area contributed by atoms with Gasteiger partial charge < -0.3 is 39.4 Å². The second kappa shape index (κ2) is 6.38. The molecule has 1 aliphatic heterocycles. The van der Waals surface area contributed by atoms with E-state index in [2.05, 4.69) is 0 Å². The van der Waals surface area contributed by atoms with Crippen molar-refractivity contribution in [2.45, 2.75) is 30.7 Å². The van der Waals surface area contributed by atoms with Gasteiger partial charge in [-0.2, -0.15) is 0 Å². The Bertz CT molecular complexity index is 784. The molecule has 2 aromatic rings. The third-order valence-electron chi connectivity index (χ3n) is 3.79. The minimum atomic E-state index is -1.60. The quantitative estimate of drug-likeness (QED) is 0.429. The Hall–Kier alpha value is -2.17. The number of hydrogen-bond acceptors (Lipinski definition) is 9. The maximum absolute atomic E-state index is 11.2. The lowest BCUT2D eigenvalue weighted by molar-refractivity contribution is -0.277. The van der Waals surface area contributed by atoms with Crippen LogP contribution in [0.3, 0.4) is 0 Å². The van der Waals surface area contributed by atoms with E-state index < -0.39 is 42.9 Å². The fourth-order valence-electron chi connectivity index (χ4n) is 2.47. The lowest BCUT2D eigenvalue weighted by Gasteiger charge is -2.39. The molecule has 0 saturated carbocycles. The molecule has 0 spiro atoms. The molecule has 0 bridgehead atoms. The fraction of sp³-hybridized carbons (Fsp3) is 0.400. The molecule has 1 aromatic heterocycles. The van der Waals surface area contributed by atoms with E-state index in [0.717, 1.165) is 6.07 Å². The van der Waals surface area contributed by atoms with Crippen LogP contribution in [0, 0.1) is 0 Å². The largest absolute Gasteiger partial charge is 0.504 e. The predicted octanol–water partition coefficient (Wildman–Crippen LogP) is -1.32. The highest BCUT2D eigenvalue weighted by Gasteiger charge is 2.44. The number of ether oxygens (including phenoxy) is 2. The molecular formula is C15H16O9. The molecule has 3 rings (SSSR count). The maximum Gasteiger partial charge on any atom is 0.336 e. The number of aliphatic hydroxyl groups is 4. The molecule has 2 unspecified atom stereocenters. The zero-order chi connectivity index (χ0) is 17.4. The van der Waals surface area contributed by atoms with Crippen LogP contribution < -0.4 is 10.4 Å². The normalized spacial score (nSPS) is 30.4. The van der Waals surface area contributed by atoms with Crippen molar-refractivity contribution in [3.8, 4) is 11.5 Å². The van der Waals surface area contributed by atoms with Crippen LogP contribution in [0.15, 0.2) is 33.5 Å². The molecule has 2 heterocycles. The number of aromatic hydroxyl groups is 1. The summed E-state index contributed by atoms with van der Waals surface area (Å²) in [7, 11) is 0. The Balaban J connectivity index is 1.89. The number of aliphatic hydroxyl groups excluding tert-OH is 4. The van der Waals surface area contributed by atoms with Gasteiger partial charge in [-0.25, -0.2) is 4.79 Å². The Morgan fingerprint density at radius 2 is 1.83 bits per heavy atom. The Morgan fingerprint density at radius 3 is 2.54 bits per heavy atom. The zero-order valence-electron chi connectivity index (χ0n) is 12.3. The van der Waals surface area contributed by atoms with Gasteiger partial charge in [0.1, 0.15) is 30.0 Å². The lowest BCUT2D eigenvalue weighted by Crippen LogP contribution is -2.60. The smallest absolute Gasteiger partial charge is 0.336 e. The molecule has 0 radical (unpaired) electrons. The topological polar surface area (TPSA) is 150 Å². The third-order valence-corrected chi connectivity index (χ3v) is 3.79. The lowest BCUT2D eigenvalue weighted by atomic mass is 9.99. The summed E-state index contributed by atoms with van der Waals surface area (Å²) < 4.78 is 15.5. The van der Waals surface area contributed by atoms with Gasteiger partial charge in [-0.05, 0) is 12.1 Å². The first-order valence-corrected chi connectivity index (χ1v) is 7.15. The molecule has 9 heteroatoms. The zero-order valence-corrected chi connectivity index (χ0v) is 12.3. The van der Waals surface area contributed by atoms with E-state index >= 15 is 0 Å². The molecule has 5 atom stereocenters. The van der Waals surface area contributed by atoms with Crippen molar-refractivity contribution in [2.24, 2.45) is 0 Å². The number of phenols is 1. The summed E-state index contributed by atoms with van der Waals surface area (Å²) in [5.41, 5.74) is -0.439. The minimum Gasteiger partial charge on any atom is -0.504 e. The van der Waals surface area contributed by atoms with Crippen molar-refractivity contribution in [1.82, 2.24) is 0 Å². The van der Waals surface area contributed by atoms with Gasteiger partial charge in [0.15, 0.2) is 11.5 Å². The highest BCUT2D eigenvalue weighted by molar-refractivity contribution is 5.80. The van der Waals surface area contributed by atoms with E-state index in [1.54, 1.807) is 0 Å². The third kappa shape index (κ3) is 2.95. The van der Waals surface area contributed by atoms with Crippen LogP contribution in [-0.2, 0) is 4.74 Å². The van der Waals surface area contributed by atoms with Crippen LogP contribution >= 0.6 is 0 Å². The summed E-state index contributed by atoms with van der Waals surface area (Å²) in [5.74, 6) is -0.477. The van der Waals surface area contributed by atoms with Gasteiger partial charge in [0.2, 0.25) is 6.29 Å². The summed E-state index contributed by atoms with van der Waals surface area (Å²) in [6, 6.07) is 5.17. The van der Waals surface area contributed by atoms with Crippen LogP contribution in [0.25, 0.3) is 11.0 Å². The van der Waals surface area contributed by atoms with E-state index in [-0.39, 0.29) is 17.1 Å². The molecule has 0 amide bonds. The first-order valence-electron chi connectivity index (χ1n) is 7.15. The monoisotopic (exact) mass is 340 g/mol. The highest BCUT2D eigenvalue weighted by Crippen LogP contribution is 2.33. The molecule has 5 N–H and O–H groups in total. The van der Waals surface area contributed by atoms with Crippen molar-refractivity contribution in [1.29, 1.82) is 0 Å². The van der Waals surface area contributed by atoms with Gasteiger partial charge in [-0.1, -0.05) is 0 Å². The second-order valence-corrected chi connectivity index (χ2v) is 5.43. The van der Waals surface area contributed by atoms with Crippen LogP contribution in [0.2, 0.25) is 0 Å². The first kappa shape index (κ1) is 16.7. The second-order valence-electron chi connectivity index (χ2n) is 5.43. The average Bonchev–Trinajstić information content (AvgIpc) is 2.56. The van der Waals surface area contributed by atoms with Gasteiger partial charge in [-0.3, -0.25) is 0 Å². The molecule has 1 aromatic carbocycles. The standard InChI is InChI=1S/C15H16O9/c16-5-10-12(19)13(20)14(21)15(24-10)23-9-3-6-1-2-11(18)22-8(6)4-7(9)17/h1-4,10,12-17,19-21H,5H2/t10-,12?,13+,14?,15-/m1/s1. The number of benzene rings is 1. The van der Waals surface area contributed by atoms with Gasteiger partial charge in [-0.15, -0.1) is 0 Å². The number of hydrogen-bond donors (Lipinski definition) is 5. The molecule has 1 aliphatic rings. The van der Waals surface area contributed by atoms with Crippen LogP contribution in [-0.4, -0.2) is 62.8 Å². The van der Waals surface area contributed by atoms with E-state index in [9.17, 15) is 25.2 Å². The number of phenolic OH excluding ortho intramolecular Hbond substituents is 1. The van der Waals surface area contributed by atoms with E-state index in [4.69, 9.17) is 19.0 Å². The molecule has 1 saturated heterocycles. The van der Waals surface area contributed by atoms with Gasteiger partial charge in [0.25, 0.3) is 0 Å². The number of rotatable bonds is 3. The molecule has 1 fully saturated rings. The van der Waals surface area contributed by atoms with Crippen molar-refractivity contribution in [2.75, 3.05) is 6.61 Å². The summed E-state index contributed by atoms with van der Waals surface area (Å²) in [6.07, 6.45) is -7.27. The van der Waals surface area contributed by atoms with Gasteiger partial charge in [0.05, 0.1) is 6.61 Å².